The van der Waals surface area contributed by atoms with Crippen LogP contribution in [-0.2, 0) is 16.0 Å². The average Bonchev–Trinajstić information content (AvgIpc) is 3.18. The Kier molecular flexibility index (Phi) is 7.84. The highest BCUT2D eigenvalue weighted by molar-refractivity contribution is 6.04. The van der Waals surface area contributed by atoms with Crippen LogP contribution in [0.1, 0.15) is 49.3 Å². The van der Waals surface area contributed by atoms with Crippen LogP contribution >= 0.6 is 0 Å². The van der Waals surface area contributed by atoms with Crippen LogP contribution in [0.25, 0.3) is 0 Å². The Morgan fingerprint density at radius 1 is 1.14 bits per heavy atom. The number of nitrogens with zero attached hydrogens (tertiary/aromatic N) is 3. The summed E-state index contributed by atoms with van der Waals surface area (Å²) in [7, 11) is 3.13. The summed E-state index contributed by atoms with van der Waals surface area (Å²) in [5, 5.41) is 2.74. The molecule has 9 heteroatoms. The number of carbonyl (C=O) groups excluding carboxylic acids is 3. The van der Waals surface area contributed by atoms with E-state index in [2.05, 4.69) is 10.3 Å². The zero-order valence-electron chi connectivity index (χ0n) is 20.2. The van der Waals surface area contributed by atoms with Crippen LogP contribution in [0.2, 0.25) is 0 Å². The fourth-order valence-corrected chi connectivity index (χ4v) is 4.82. The Labute approximate surface area is 205 Å². The quantitative estimate of drug-likeness (QED) is 0.554. The van der Waals surface area contributed by atoms with E-state index in [0.29, 0.717) is 24.5 Å². The fourth-order valence-electron chi connectivity index (χ4n) is 4.82. The molecule has 1 aromatic heterocycles. The van der Waals surface area contributed by atoms with Gasteiger partial charge in [-0.05, 0) is 61.4 Å². The smallest absolute Gasteiger partial charge is 0.324 e. The van der Waals surface area contributed by atoms with Gasteiger partial charge in [0.15, 0.2) is 11.5 Å². The maximum absolute atomic E-state index is 13.1. The summed E-state index contributed by atoms with van der Waals surface area (Å²) in [4.78, 5) is 45.8. The van der Waals surface area contributed by atoms with Crippen molar-refractivity contribution in [1.29, 1.82) is 0 Å². The molecule has 0 spiro atoms. The van der Waals surface area contributed by atoms with Gasteiger partial charge in [-0.25, -0.2) is 4.79 Å². The second-order valence-electron chi connectivity index (χ2n) is 8.86. The van der Waals surface area contributed by atoms with Crippen LogP contribution < -0.4 is 14.8 Å². The zero-order chi connectivity index (χ0) is 24.8. The van der Waals surface area contributed by atoms with Gasteiger partial charge in [0.05, 0.1) is 20.3 Å². The first-order valence-corrected chi connectivity index (χ1v) is 12.0. The lowest BCUT2D eigenvalue weighted by Crippen LogP contribution is -2.39. The average molecular weight is 481 g/mol. The van der Waals surface area contributed by atoms with Crippen molar-refractivity contribution in [2.75, 3.05) is 27.3 Å². The third-order valence-electron chi connectivity index (χ3n) is 6.72. The molecule has 4 rings (SSSR count). The van der Waals surface area contributed by atoms with E-state index in [1.807, 2.05) is 35.4 Å². The molecule has 2 aromatic rings. The van der Waals surface area contributed by atoms with E-state index in [1.54, 1.807) is 26.5 Å². The number of carbonyl (C=O) groups is 3. The van der Waals surface area contributed by atoms with E-state index in [1.165, 1.54) is 4.90 Å². The van der Waals surface area contributed by atoms with Crippen LogP contribution in [-0.4, -0.2) is 66.0 Å². The molecular formula is C26H32N4O5. The van der Waals surface area contributed by atoms with Crippen LogP contribution in [0.5, 0.6) is 11.5 Å². The zero-order valence-corrected chi connectivity index (χ0v) is 20.2. The Morgan fingerprint density at radius 2 is 1.97 bits per heavy atom. The molecule has 2 fully saturated rings. The topological polar surface area (TPSA) is 101 Å². The minimum Gasteiger partial charge on any atom is -0.493 e. The molecule has 1 N–H and O–H groups in total. The van der Waals surface area contributed by atoms with E-state index in [4.69, 9.17) is 9.47 Å². The summed E-state index contributed by atoms with van der Waals surface area (Å²) < 4.78 is 10.6. The summed E-state index contributed by atoms with van der Waals surface area (Å²) in [5.41, 5.74) is 1.96. The van der Waals surface area contributed by atoms with Crippen molar-refractivity contribution < 1.29 is 23.9 Å². The van der Waals surface area contributed by atoms with Gasteiger partial charge < -0.3 is 19.7 Å². The van der Waals surface area contributed by atoms with E-state index in [9.17, 15) is 14.4 Å². The molecular weight excluding hydrogens is 448 g/mol. The van der Waals surface area contributed by atoms with Crippen molar-refractivity contribution in [3.8, 4) is 11.5 Å². The van der Waals surface area contributed by atoms with Gasteiger partial charge in [-0.3, -0.25) is 19.5 Å². The molecule has 2 saturated heterocycles. The highest BCUT2D eigenvalue weighted by atomic mass is 16.5. The van der Waals surface area contributed by atoms with Crippen molar-refractivity contribution in [2.24, 2.45) is 0 Å². The number of methoxy groups -OCH3 is 2. The van der Waals surface area contributed by atoms with Gasteiger partial charge in [-0.2, -0.15) is 0 Å². The molecule has 35 heavy (non-hydrogen) atoms. The molecule has 0 saturated carbocycles. The van der Waals surface area contributed by atoms with E-state index < -0.39 is 12.1 Å². The number of nitrogens with one attached hydrogen (secondary N) is 1. The predicted molar refractivity (Wildman–Crippen MR) is 129 cm³/mol. The first-order chi connectivity index (χ1) is 17.0. The van der Waals surface area contributed by atoms with Crippen molar-refractivity contribution in [2.45, 2.75) is 50.6 Å². The van der Waals surface area contributed by atoms with Crippen LogP contribution in [0.15, 0.2) is 42.7 Å². The number of ether oxygens (including phenoxy) is 2. The molecule has 186 valence electrons. The van der Waals surface area contributed by atoms with Crippen LogP contribution in [0.4, 0.5) is 4.79 Å². The number of amides is 4. The Hall–Kier alpha value is -3.62. The lowest BCUT2D eigenvalue weighted by molar-refractivity contribution is -0.135. The number of imide groups is 1. The van der Waals surface area contributed by atoms with Gasteiger partial charge in [-0.15, -0.1) is 0 Å². The summed E-state index contributed by atoms with van der Waals surface area (Å²) >= 11 is 0. The molecule has 9 nitrogen and oxygen atoms in total. The predicted octanol–water partition coefficient (Wildman–Crippen LogP) is 3.10. The number of likely N-dealkylation sites (tertiary alicyclic amines) is 1. The number of urea groups is 1. The lowest BCUT2D eigenvalue weighted by Gasteiger charge is -2.36. The third kappa shape index (κ3) is 5.55. The van der Waals surface area contributed by atoms with E-state index in [-0.39, 0.29) is 37.2 Å². The standard InChI is InChI=1S/C26H32N4O5/c1-34-22-10-8-18(16-23(22)35-2)12-15-30-25(32)20(28-26(30)33)9-11-24(31)29-14-4-3-7-21(29)19-6-5-13-27-17-19/h5-6,8,10,13,16-17,20-21H,3-4,7,9,11-12,14-15H2,1-2H3,(H,28,33)/t20-,21-/m0/s1. The van der Waals surface area contributed by atoms with Gasteiger partial charge in [0.1, 0.15) is 6.04 Å². The molecule has 0 bridgehead atoms. The first-order valence-electron chi connectivity index (χ1n) is 12.0. The number of aromatic nitrogens is 1. The molecule has 2 aliphatic rings. The number of hydrogen-bond acceptors (Lipinski definition) is 6. The third-order valence-corrected chi connectivity index (χ3v) is 6.72. The second kappa shape index (κ2) is 11.2. The minimum absolute atomic E-state index is 0.00406. The first kappa shape index (κ1) is 24.5. The van der Waals surface area contributed by atoms with Gasteiger partial charge in [0, 0.05) is 31.9 Å². The minimum atomic E-state index is -0.682. The molecule has 0 radical (unpaired) electrons. The molecule has 1 aromatic carbocycles. The molecule has 3 heterocycles. The van der Waals surface area contributed by atoms with Gasteiger partial charge >= 0.3 is 6.03 Å². The fraction of sp³-hybridized carbons (Fsp3) is 0.462. The molecule has 0 unspecified atom stereocenters. The largest absolute Gasteiger partial charge is 0.493 e. The summed E-state index contributed by atoms with van der Waals surface area (Å²) in [6.07, 6.45) is 7.45. The maximum Gasteiger partial charge on any atom is 0.324 e. The summed E-state index contributed by atoms with van der Waals surface area (Å²) in [6.45, 7) is 0.945. The van der Waals surface area contributed by atoms with Crippen molar-refractivity contribution >= 4 is 17.8 Å². The SMILES string of the molecule is COc1ccc(CCN2C(=O)N[C@@H](CCC(=O)N3CCCC[C@H]3c3cccnc3)C2=O)cc1OC. The Morgan fingerprint density at radius 3 is 2.71 bits per heavy atom. The highest BCUT2D eigenvalue weighted by Crippen LogP contribution is 2.31. The van der Waals surface area contributed by atoms with Crippen molar-refractivity contribution in [1.82, 2.24) is 20.1 Å². The Balaban J connectivity index is 1.32. The number of rotatable bonds is 9. The lowest BCUT2D eigenvalue weighted by atomic mass is 9.95. The number of piperidine rings is 1. The van der Waals surface area contributed by atoms with Crippen molar-refractivity contribution in [3.63, 3.8) is 0 Å². The van der Waals surface area contributed by atoms with Gasteiger partial charge in [0.2, 0.25) is 5.91 Å². The summed E-state index contributed by atoms with van der Waals surface area (Å²) in [5.74, 6) is 0.937. The Bertz CT molecular complexity index is 1060. The molecule has 0 aliphatic carbocycles. The van der Waals surface area contributed by atoms with E-state index >= 15 is 0 Å². The number of pyridine rings is 1. The normalized spacial score (nSPS) is 20.1. The van der Waals surface area contributed by atoms with Crippen LogP contribution in [0.3, 0.4) is 0 Å². The summed E-state index contributed by atoms with van der Waals surface area (Å²) in [6, 6.07) is 8.32. The van der Waals surface area contributed by atoms with Gasteiger partial charge in [-0.1, -0.05) is 12.1 Å². The molecule has 2 atom stereocenters. The number of hydrogen-bond donors (Lipinski definition) is 1. The van der Waals surface area contributed by atoms with Crippen molar-refractivity contribution in [3.05, 3.63) is 53.9 Å². The van der Waals surface area contributed by atoms with Crippen LogP contribution in [0, 0.1) is 0 Å². The maximum atomic E-state index is 13.1. The number of benzene rings is 1. The van der Waals surface area contributed by atoms with Gasteiger partial charge in [0.25, 0.3) is 5.91 Å². The molecule has 2 aliphatic heterocycles. The molecule has 4 amide bonds. The second-order valence-corrected chi connectivity index (χ2v) is 8.86. The monoisotopic (exact) mass is 480 g/mol. The van der Waals surface area contributed by atoms with E-state index in [0.717, 1.165) is 30.4 Å². The highest BCUT2D eigenvalue weighted by Gasteiger charge is 2.38.